The average molecular weight is 874 g/mol. The molecule has 0 spiro atoms. The molecule has 6 aromatic rings. The Morgan fingerprint density at radius 2 is 1.53 bits per heavy atom. The van der Waals surface area contributed by atoms with Crippen molar-refractivity contribution >= 4 is 64.3 Å². The number of carbonyl (C=O) groups excluding carboxylic acids is 2. The molecule has 1 aliphatic carbocycles. The number of carbonyl (C=O) groups is 2. The molecule has 1 aromatic heterocycles. The molecule has 1 aliphatic heterocycles. The van der Waals surface area contributed by atoms with Gasteiger partial charge in [0.2, 0.25) is 11.8 Å². The van der Waals surface area contributed by atoms with Crippen molar-refractivity contribution in [2.75, 3.05) is 18.1 Å². The lowest BCUT2D eigenvalue weighted by molar-refractivity contribution is -0.384. The standard InChI is InChI=1S/C52H51N3O8Si/c1-52(2,3)64(39-17-6-4-7-18-39,40-19-8-5-9-20-40)63-33-36-30-43-49(51(60)54(50(43)59)37-15-14-16-38(31-37)55(61)62)44(32-56)48(36)47(58)27-25-35(45-23-12-13-28-53-45)29-34-24-26-46(57)42-22-11-10-21-41(34)42/h4-24,26,28-29,31,43-44,47,49,56-58H,25,27,30,32-33H2,1-3H3/b35-29-/t43-,44+,47-,49-/m1/s1. The maximum atomic E-state index is 14.5. The number of pyridine rings is 1. The van der Waals surface area contributed by atoms with Crippen LogP contribution in [0.3, 0.4) is 0 Å². The number of aromatic hydroxyl groups is 1. The van der Waals surface area contributed by atoms with Crippen molar-refractivity contribution in [2.45, 2.75) is 51.2 Å². The summed E-state index contributed by atoms with van der Waals surface area (Å²) in [5.74, 6) is -3.85. The molecular formula is C52H51N3O8Si. The SMILES string of the molecule is CC(C)(C)[Si](OCC1=C([C@H](O)CC/C(=C/c2ccc(O)c3ccccc23)c2ccccn2)[C@H](CO)[C@@H]2C(=O)N(c3cccc([N+](=O)[O-])c3)C(=O)[C@@H]2C1)(c1ccccc1)c1ccccc1. The van der Waals surface area contributed by atoms with Gasteiger partial charge in [0.1, 0.15) is 5.75 Å². The number of imide groups is 1. The minimum absolute atomic E-state index is 0.0140. The third-order valence-corrected chi connectivity index (χ3v) is 17.8. The number of hydrogen-bond acceptors (Lipinski definition) is 9. The van der Waals surface area contributed by atoms with Gasteiger partial charge in [0.25, 0.3) is 14.0 Å². The molecule has 0 radical (unpaired) electrons. The minimum atomic E-state index is -3.17. The molecule has 0 unspecified atom stereocenters. The van der Waals surface area contributed by atoms with Crippen molar-refractivity contribution in [1.29, 1.82) is 0 Å². The third-order valence-electron chi connectivity index (χ3n) is 12.9. The van der Waals surface area contributed by atoms with E-state index in [1.54, 1.807) is 12.3 Å². The van der Waals surface area contributed by atoms with Gasteiger partial charge in [0.05, 0.1) is 47.5 Å². The predicted molar refractivity (Wildman–Crippen MR) is 251 cm³/mol. The van der Waals surface area contributed by atoms with E-state index in [1.807, 2.05) is 91.0 Å². The van der Waals surface area contributed by atoms with Crippen molar-refractivity contribution in [3.63, 3.8) is 0 Å². The van der Waals surface area contributed by atoms with E-state index in [1.165, 1.54) is 24.3 Å². The minimum Gasteiger partial charge on any atom is -0.507 e. The number of amides is 2. The van der Waals surface area contributed by atoms with Crippen LogP contribution in [0.4, 0.5) is 11.4 Å². The van der Waals surface area contributed by atoms with Crippen molar-refractivity contribution in [3.8, 4) is 5.75 Å². The topological polar surface area (TPSA) is 163 Å². The van der Waals surface area contributed by atoms with Crippen LogP contribution in [0, 0.1) is 27.9 Å². The number of rotatable bonds is 14. The third kappa shape index (κ3) is 8.21. The van der Waals surface area contributed by atoms with Gasteiger partial charge in [-0.2, -0.15) is 0 Å². The first-order valence-electron chi connectivity index (χ1n) is 21.5. The van der Waals surface area contributed by atoms with Crippen LogP contribution in [0.15, 0.2) is 157 Å². The predicted octanol–water partition coefficient (Wildman–Crippen LogP) is 8.22. The Morgan fingerprint density at radius 1 is 0.875 bits per heavy atom. The van der Waals surface area contributed by atoms with E-state index < -0.39 is 60.6 Å². The highest BCUT2D eigenvalue weighted by Gasteiger charge is 2.56. The first-order chi connectivity index (χ1) is 30.8. The molecule has 0 saturated carbocycles. The van der Waals surface area contributed by atoms with E-state index in [0.717, 1.165) is 31.8 Å². The zero-order chi connectivity index (χ0) is 45.2. The van der Waals surface area contributed by atoms with E-state index in [0.29, 0.717) is 28.6 Å². The smallest absolute Gasteiger partial charge is 0.271 e. The number of fused-ring (bicyclic) bond motifs is 2. The second-order valence-corrected chi connectivity index (χ2v) is 21.9. The summed E-state index contributed by atoms with van der Waals surface area (Å²) < 4.78 is 7.43. The van der Waals surface area contributed by atoms with Crippen LogP contribution in [0.25, 0.3) is 22.4 Å². The zero-order valence-corrected chi connectivity index (χ0v) is 37.0. The van der Waals surface area contributed by atoms with E-state index >= 15 is 0 Å². The molecule has 326 valence electrons. The average Bonchev–Trinajstić information content (AvgIpc) is 3.56. The van der Waals surface area contributed by atoms with Crippen LogP contribution in [-0.2, 0) is 14.0 Å². The number of nitro groups is 1. The molecule has 5 aromatic carbocycles. The van der Waals surface area contributed by atoms with Gasteiger partial charge in [0.15, 0.2) is 0 Å². The van der Waals surface area contributed by atoms with Gasteiger partial charge < -0.3 is 19.7 Å². The normalized spacial score (nSPS) is 18.7. The number of anilines is 1. The molecule has 1 fully saturated rings. The molecular weight excluding hydrogens is 823 g/mol. The Balaban J connectivity index is 1.22. The molecule has 64 heavy (non-hydrogen) atoms. The number of allylic oxidation sites excluding steroid dienone is 1. The first kappa shape index (κ1) is 44.1. The quantitative estimate of drug-likeness (QED) is 0.0322. The maximum absolute atomic E-state index is 14.5. The highest BCUT2D eigenvalue weighted by Crippen LogP contribution is 2.48. The summed E-state index contributed by atoms with van der Waals surface area (Å²) in [7, 11) is -3.17. The molecule has 3 N–H and O–H groups in total. The Hall–Kier alpha value is -6.57. The Kier molecular flexibility index (Phi) is 12.6. The molecule has 4 atom stereocenters. The van der Waals surface area contributed by atoms with Gasteiger partial charge in [-0.3, -0.25) is 24.7 Å². The van der Waals surface area contributed by atoms with Crippen LogP contribution in [0.1, 0.15) is 51.3 Å². The largest absolute Gasteiger partial charge is 0.507 e. The second kappa shape index (κ2) is 18.3. The summed E-state index contributed by atoms with van der Waals surface area (Å²) in [5.41, 5.74) is 3.27. The Labute approximate surface area is 373 Å². The number of phenolic OH excluding ortho intramolecular Hbond substituents is 1. The van der Waals surface area contributed by atoms with E-state index in [4.69, 9.17) is 4.43 Å². The number of aliphatic hydroxyl groups excluding tert-OH is 2. The summed E-state index contributed by atoms with van der Waals surface area (Å²) in [6.45, 7) is 5.96. The van der Waals surface area contributed by atoms with Crippen LogP contribution >= 0.6 is 0 Å². The molecule has 2 heterocycles. The Bertz CT molecular complexity index is 2720. The molecule has 11 nitrogen and oxygen atoms in total. The zero-order valence-electron chi connectivity index (χ0n) is 36.0. The van der Waals surface area contributed by atoms with Crippen molar-refractivity contribution in [3.05, 3.63) is 178 Å². The molecule has 2 aliphatic rings. The summed E-state index contributed by atoms with van der Waals surface area (Å²) in [6, 6.07) is 42.4. The lowest BCUT2D eigenvalue weighted by atomic mass is 9.68. The van der Waals surface area contributed by atoms with Crippen LogP contribution in [-0.4, -0.2) is 64.7 Å². The van der Waals surface area contributed by atoms with Crippen molar-refractivity contribution in [1.82, 2.24) is 4.98 Å². The fourth-order valence-electron chi connectivity index (χ4n) is 9.94. The summed E-state index contributed by atoms with van der Waals surface area (Å²) in [4.78, 5) is 45.9. The number of benzene rings is 5. The summed E-state index contributed by atoms with van der Waals surface area (Å²) >= 11 is 0. The summed E-state index contributed by atoms with van der Waals surface area (Å²) in [5, 5.41) is 49.6. The van der Waals surface area contributed by atoms with Gasteiger partial charge in [-0.15, -0.1) is 0 Å². The highest BCUT2D eigenvalue weighted by atomic mass is 28.4. The number of aliphatic hydroxyl groups is 2. The second-order valence-electron chi connectivity index (χ2n) is 17.6. The molecule has 8 rings (SSSR count). The van der Waals surface area contributed by atoms with Gasteiger partial charge >= 0.3 is 0 Å². The van der Waals surface area contributed by atoms with Crippen molar-refractivity contribution < 1.29 is 34.3 Å². The fraction of sp³-hybridized carbons (Fsp3) is 0.250. The van der Waals surface area contributed by atoms with Crippen LogP contribution < -0.4 is 15.3 Å². The molecule has 1 saturated heterocycles. The number of phenols is 1. The number of hydrogen-bond donors (Lipinski definition) is 3. The van der Waals surface area contributed by atoms with Crippen LogP contribution in [0.2, 0.25) is 5.04 Å². The van der Waals surface area contributed by atoms with Gasteiger partial charge in [0, 0.05) is 29.6 Å². The number of aromatic nitrogens is 1. The van der Waals surface area contributed by atoms with E-state index in [-0.39, 0.29) is 36.6 Å². The summed E-state index contributed by atoms with van der Waals surface area (Å²) in [6.07, 6.45) is 3.10. The lowest BCUT2D eigenvalue weighted by Crippen LogP contribution is -2.66. The van der Waals surface area contributed by atoms with E-state index in [2.05, 4.69) is 50.0 Å². The highest BCUT2D eigenvalue weighted by molar-refractivity contribution is 6.99. The van der Waals surface area contributed by atoms with Crippen molar-refractivity contribution in [2.24, 2.45) is 17.8 Å². The number of nitro benzene ring substituents is 1. The fourth-order valence-corrected chi connectivity index (χ4v) is 14.5. The number of nitrogens with zero attached hydrogens (tertiary/aromatic N) is 3. The molecule has 12 heteroatoms. The lowest BCUT2D eigenvalue weighted by Gasteiger charge is -2.44. The van der Waals surface area contributed by atoms with E-state index in [9.17, 15) is 35.0 Å². The van der Waals surface area contributed by atoms with Gasteiger partial charge in [-0.05, 0) is 92.7 Å². The monoisotopic (exact) mass is 873 g/mol. The Morgan fingerprint density at radius 3 is 2.16 bits per heavy atom. The van der Waals surface area contributed by atoms with Crippen LogP contribution in [0.5, 0.6) is 5.75 Å². The molecule has 0 bridgehead atoms. The van der Waals surface area contributed by atoms with Gasteiger partial charge in [-0.1, -0.05) is 124 Å². The van der Waals surface area contributed by atoms with Gasteiger partial charge in [-0.25, -0.2) is 4.90 Å². The maximum Gasteiger partial charge on any atom is 0.271 e. The first-order valence-corrected chi connectivity index (χ1v) is 23.5. The number of non-ortho nitro benzene ring substituents is 1. The molecule has 2 amide bonds.